The lowest BCUT2D eigenvalue weighted by Gasteiger charge is -2.31. The molecule has 20 heavy (non-hydrogen) atoms. The van der Waals surface area contributed by atoms with E-state index in [4.69, 9.17) is 0 Å². The Balaban J connectivity index is 2.03. The van der Waals surface area contributed by atoms with Crippen LogP contribution in [0.1, 0.15) is 45.2 Å². The summed E-state index contributed by atoms with van der Waals surface area (Å²) in [6.07, 6.45) is 2.40. The van der Waals surface area contributed by atoms with Crippen LogP contribution in [0.5, 0.6) is 0 Å². The molecule has 1 heterocycles. The summed E-state index contributed by atoms with van der Waals surface area (Å²) in [4.78, 5) is 2.53. The minimum absolute atomic E-state index is 0.156. The monoisotopic (exact) mass is 278 g/mol. The van der Waals surface area contributed by atoms with Gasteiger partial charge in [-0.2, -0.15) is 0 Å². The highest BCUT2D eigenvalue weighted by Gasteiger charge is 2.22. The molecule has 2 unspecified atom stereocenters. The molecule has 2 rings (SSSR count). The van der Waals surface area contributed by atoms with E-state index in [0.717, 1.165) is 19.6 Å². The molecule has 2 nitrogen and oxygen atoms in total. The Morgan fingerprint density at radius 2 is 1.95 bits per heavy atom. The molecule has 0 radical (unpaired) electrons. The second kappa shape index (κ2) is 7.19. The lowest BCUT2D eigenvalue weighted by atomic mass is 10.0. The first-order valence-electron chi connectivity index (χ1n) is 7.79. The average Bonchev–Trinajstić information content (AvgIpc) is 2.63. The van der Waals surface area contributed by atoms with Crippen LogP contribution in [0.25, 0.3) is 0 Å². The van der Waals surface area contributed by atoms with Gasteiger partial charge in [0.2, 0.25) is 0 Å². The zero-order valence-electron chi connectivity index (χ0n) is 12.9. The summed E-state index contributed by atoms with van der Waals surface area (Å²) in [6.45, 7) is 10.1. The topological polar surface area (TPSA) is 15.3 Å². The fourth-order valence-corrected chi connectivity index (χ4v) is 3.06. The van der Waals surface area contributed by atoms with Crippen LogP contribution >= 0.6 is 0 Å². The molecule has 0 spiro atoms. The first kappa shape index (κ1) is 15.5. The van der Waals surface area contributed by atoms with Crippen molar-refractivity contribution in [2.24, 2.45) is 5.92 Å². The van der Waals surface area contributed by atoms with Crippen molar-refractivity contribution in [1.29, 1.82) is 0 Å². The van der Waals surface area contributed by atoms with Gasteiger partial charge < -0.3 is 5.32 Å². The van der Waals surface area contributed by atoms with E-state index in [1.165, 1.54) is 18.4 Å². The van der Waals surface area contributed by atoms with Crippen LogP contribution in [-0.4, -0.2) is 30.6 Å². The Morgan fingerprint density at radius 1 is 1.25 bits per heavy atom. The molecule has 0 aromatic heterocycles. The third-order valence-electron chi connectivity index (χ3n) is 4.17. The highest BCUT2D eigenvalue weighted by atomic mass is 19.1. The van der Waals surface area contributed by atoms with E-state index in [1.807, 2.05) is 12.1 Å². The van der Waals surface area contributed by atoms with E-state index in [2.05, 4.69) is 31.0 Å². The summed E-state index contributed by atoms with van der Waals surface area (Å²) in [7, 11) is 0. The molecule has 1 aliphatic heterocycles. The Hall–Kier alpha value is -0.930. The molecule has 1 N–H and O–H groups in total. The van der Waals surface area contributed by atoms with Crippen molar-refractivity contribution in [3.05, 3.63) is 35.6 Å². The second-order valence-electron chi connectivity index (χ2n) is 6.36. The molecule has 1 fully saturated rings. The maximum Gasteiger partial charge on any atom is 0.123 e. The maximum atomic E-state index is 13.0. The molecule has 0 bridgehead atoms. The molecular formula is C17H27FN2. The SMILES string of the molecule is CC(C)CC1CN(C(C)c2ccc(F)cc2)CCCN1. The Bertz CT molecular complexity index is 402. The molecule has 0 amide bonds. The maximum absolute atomic E-state index is 13.0. The summed E-state index contributed by atoms with van der Waals surface area (Å²) in [5.74, 6) is 0.560. The van der Waals surface area contributed by atoms with Crippen molar-refractivity contribution in [2.75, 3.05) is 19.6 Å². The number of hydrogen-bond donors (Lipinski definition) is 1. The van der Waals surface area contributed by atoms with Crippen LogP contribution in [0.15, 0.2) is 24.3 Å². The summed E-state index contributed by atoms with van der Waals surface area (Å²) < 4.78 is 13.0. The predicted octanol–water partition coefficient (Wildman–Crippen LogP) is 3.60. The van der Waals surface area contributed by atoms with Crippen LogP contribution in [-0.2, 0) is 0 Å². The van der Waals surface area contributed by atoms with E-state index >= 15 is 0 Å². The molecular weight excluding hydrogens is 251 g/mol. The van der Waals surface area contributed by atoms with Gasteiger partial charge >= 0.3 is 0 Å². The van der Waals surface area contributed by atoms with Gasteiger partial charge in [-0.15, -0.1) is 0 Å². The van der Waals surface area contributed by atoms with Crippen molar-refractivity contribution in [3.8, 4) is 0 Å². The molecule has 1 aromatic carbocycles. The number of halogens is 1. The fourth-order valence-electron chi connectivity index (χ4n) is 3.06. The lowest BCUT2D eigenvalue weighted by Crippen LogP contribution is -2.39. The van der Waals surface area contributed by atoms with Gasteiger partial charge in [-0.05, 0) is 49.9 Å². The largest absolute Gasteiger partial charge is 0.313 e. The fraction of sp³-hybridized carbons (Fsp3) is 0.647. The number of benzene rings is 1. The third kappa shape index (κ3) is 4.29. The zero-order valence-corrected chi connectivity index (χ0v) is 12.9. The van der Waals surface area contributed by atoms with Gasteiger partial charge in [-0.25, -0.2) is 4.39 Å². The number of hydrogen-bond acceptors (Lipinski definition) is 2. The lowest BCUT2D eigenvalue weighted by molar-refractivity contribution is 0.199. The van der Waals surface area contributed by atoms with E-state index in [9.17, 15) is 4.39 Å². The number of rotatable bonds is 4. The van der Waals surface area contributed by atoms with Crippen molar-refractivity contribution < 1.29 is 4.39 Å². The van der Waals surface area contributed by atoms with Crippen molar-refractivity contribution in [1.82, 2.24) is 10.2 Å². The molecule has 2 atom stereocenters. The van der Waals surface area contributed by atoms with Crippen LogP contribution in [0, 0.1) is 11.7 Å². The second-order valence-corrected chi connectivity index (χ2v) is 6.36. The van der Waals surface area contributed by atoms with Gasteiger partial charge in [0.05, 0.1) is 0 Å². The average molecular weight is 278 g/mol. The molecule has 1 saturated heterocycles. The summed E-state index contributed by atoms with van der Waals surface area (Å²) in [6, 6.07) is 7.87. The van der Waals surface area contributed by atoms with E-state index in [1.54, 1.807) is 12.1 Å². The van der Waals surface area contributed by atoms with Crippen LogP contribution in [0.3, 0.4) is 0 Å². The molecule has 112 valence electrons. The minimum atomic E-state index is -0.156. The molecule has 0 aliphatic carbocycles. The summed E-state index contributed by atoms with van der Waals surface area (Å²) in [5, 5.41) is 3.66. The molecule has 3 heteroatoms. The number of nitrogens with one attached hydrogen (secondary N) is 1. The van der Waals surface area contributed by atoms with E-state index in [-0.39, 0.29) is 5.82 Å². The quantitative estimate of drug-likeness (QED) is 0.905. The van der Waals surface area contributed by atoms with Crippen molar-refractivity contribution in [3.63, 3.8) is 0 Å². The highest BCUT2D eigenvalue weighted by Crippen LogP contribution is 2.23. The summed E-state index contributed by atoms with van der Waals surface area (Å²) >= 11 is 0. The van der Waals surface area contributed by atoms with Gasteiger partial charge in [-0.1, -0.05) is 26.0 Å². The van der Waals surface area contributed by atoms with Gasteiger partial charge in [0.1, 0.15) is 5.82 Å². The van der Waals surface area contributed by atoms with Crippen LogP contribution in [0.4, 0.5) is 4.39 Å². The normalized spacial score (nSPS) is 22.8. The van der Waals surface area contributed by atoms with Gasteiger partial charge in [0.15, 0.2) is 0 Å². The Kier molecular flexibility index (Phi) is 5.55. The first-order chi connectivity index (χ1) is 9.56. The Morgan fingerprint density at radius 3 is 2.60 bits per heavy atom. The molecule has 1 aliphatic rings. The zero-order chi connectivity index (χ0) is 14.5. The van der Waals surface area contributed by atoms with E-state index < -0.39 is 0 Å². The van der Waals surface area contributed by atoms with Crippen molar-refractivity contribution >= 4 is 0 Å². The smallest absolute Gasteiger partial charge is 0.123 e. The van der Waals surface area contributed by atoms with Crippen LogP contribution < -0.4 is 5.32 Å². The van der Waals surface area contributed by atoms with Gasteiger partial charge in [0, 0.05) is 25.2 Å². The standard InChI is InChI=1S/C17H27FN2/c1-13(2)11-17-12-20(10-4-9-19-17)14(3)15-5-7-16(18)8-6-15/h5-8,13-14,17,19H,4,9-12H2,1-3H3. The third-order valence-corrected chi connectivity index (χ3v) is 4.17. The minimum Gasteiger partial charge on any atom is -0.313 e. The number of nitrogens with zero attached hydrogens (tertiary/aromatic N) is 1. The van der Waals surface area contributed by atoms with Gasteiger partial charge in [-0.3, -0.25) is 4.90 Å². The predicted molar refractivity (Wildman–Crippen MR) is 82.3 cm³/mol. The summed E-state index contributed by atoms with van der Waals surface area (Å²) in [5.41, 5.74) is 1.21. The highest BCUT2D eigenvalue weighted by molar-refractivity contribution is 5.19. The molecule has 1 aromatic rings. The van der Waals surface area contributed by atoms with E-state index in [0.29, 0.717) is 18.0 Å². The molecule has 0 saturated carbocycles. The first-order valence-corrected chi connectivity index (χ1v) is 7.79. The Labute approximate surface area is 122 Å². The van der Waals surface area contributed by atoms with Gasteiger partial charge in [0.25, 0.3) is 0 Å². The van der Waals surface area contributed by atoms with Crippen LogP contribution in [0.2, 0.25) is 0 Å². The van der Waals surface area contributed by atoms with Crippen molar-refractivity contribution in [2.45, 2.75) is 45.7 Å².